The van der Waals surface area contributed by atoms with Gasteiger partial charge in [0, 0.05) is 0 Å². The van der Waals surface area contributed by atoms with Crippen LogP contribution in [-0.4, -0.2) is 31.2 Å². The zero-order chi connectivity index (χ0) is 16.5. The van der Waals surface area contributed by atoms with E-state index in [1.807, 2.05) is 0 Å². The van der Waals surface area contributed by atoms with Gasteiger partial charge in [-0.2, -0.15) is 0 Å². The van der Waals surface area contributed by atoms with Crippen LogP contribution in [0.2, 0.25) is 0 Å². The van der Waals surface area contributed by atoms with Gasteiger partial charge in [0.05, 0.1) is 26.7 Å². The van der Waals surface area contributed by atoms with Gasteiger partial charge in [0.25, 0.3) is 0 Å². The summed E-state index contributed by atoms with van der Waals surface area (Å²) in [6.07, 6.45) is 20.5. The monoisotopic (exact) mass is 345 g/mol. The van der Waals surface area contributed by atoms with E-state index in [0.29, 0.717) is 0 Å². The van der Waals surface area contributed by atoms with Gasteiger partial charge in [-0.05, 0) is 31.8 Å². The Bertz CT molecular complexity index is 242. The summed E-state index contributed by atoms with van der Waals surface area (Å²) in [4.78, 5) is 0. The molecule has 0 aliphatic heterocycles. The maximum absolute atomic E-state index is 3.98. The first-order valence-electron chi connectivity index (χ1n) is 10.1. The van der Waals surface area contributed by atoms with Crippen molar-refractivity contribution in [2.45, 2.75) is 97.3 Å². The molecule has 0 amide bonds. The van der Waals surface area contributed by atoms with Crippen molar-refractivity contribution in [1.29, 1.82) is 0 Å². The molecule has 0 heterocycles. The van der Waals surface area contributed by atoms with E-state index in [1.165, 1.54) is 101 Å². The van der Waals surface area contributed by atoms with Crippen LogP contribution in [0, 0.1) is 0 Å². The number of hydrogen-bond acceptors (Lipinski definition) is 0. The molecule has 1 nitrogen and oxygen atoms in total. The van der Waals surface area contributed by atoms with E-state index in [0.717, 1.165) is 6.54 Å². The molecule has 2 heteroatoms. The Labute approximate surface area is 153 Å². The maximum atomic E-state index is 3.98. The van der Waals surface area contributed by atoms with Crippen molar-refractivity contribution < 1.29 is 16.9 Å². The zero-order valence-electron chi connectivity index (χ0n) is 16.4. The largest absolute Gasteiger partial charge is 1.00 e. The minimum atomic E-state index is 0. The standard InChI is InChI=1S/C21H44N.ClH/c1-5-8-10-12-14-16-18-21-22(4,19-7-3)20-17-15-13-11-9-6-2;/h7H,3,5-6,8-21H2,1-2,4H3;1H/q+1;/p-1. The van der Waals surface area contributed by atoms with Crippen molar-refractivity contribution in [1.82, 2.24) is 0 Å². The van der Waals surface area contributed by atoms with Crippen molar-refractivity contribution >= 4 is 0 Å². The smallest absolute Gasteiger partial charge is 0.0969 e. The first-order valence-corrected chi connectivity index (χ1v) is 10.1. The van der Waals surface area contributed by atoms with Gasteiger partial charge in [0.15, 0.2) is 0 Å². The zero-order valence-corrected chi connectivity index (χ0v) is 17.2. The lowest BCUT2D eigenvalue weighted by Gasteiger charge is -2.34. The Hall–Kier alpha value is -0.0100. The van der Waals surface area contributed by atoms with Crippen LogP contribution in [0.1, 0.15) is 97.3 Å². The van der Waals surface area contributed by atoms with Gasteiger partial charge in [0.1, 0.15) is 0 Å². The third kappa shape index (κ3) is 16.6. The summed E-state index contributed by atoms with van der Waals surface area (Å²) in [6, 6.07) is 0. The Kier molecular flexibility index (Phi) is 20.1. The molecule has 0 N–H and O–H groups in total. The molecule has 0 bridgehead atoms. The molecule has 1 unspecified atom stereocenters. The molecular weight excluding hydrogens is 302 g/mol. The molecule has 0 aromatic carbocycles. The average molecular weight is 346 g/mol. The topological polar surface area (TPSA) is 0 Å². The van der Waals surface area contributed by atoms with Crippen molar-refractivity contribution in [2.75, 3.05) is 26.7 Å². The van der Waals surface area contributed by atoms with Gasteiger partial charge in [-0.25, -0.2) is 0 Å². The number of quaternary nitrogens is 1. The summed E-state index contributed by atoms with van der Waals surface area (Å²) in [5.74, 6) is 0. The van der Waals surface area contributed by atoms with E-state index in [9.17, 15) is 0 Å². The minimum Gasteiger partial charge on any atom is -1.00 e. The second-order valence-corrected chi connectivity index (χ2v) is 7.43. The van der Waals surface area contributed by atoms with Crippen LogP contribution < -0.4 is 12.4 Å². The molecule has 0 saturated heterocycles. The van der Waals surface area contributed by atoms with Crippen LogP contribution in [0.25, 0.3) is 0 Å². The predicted octanol–water partition coefficient (Wildman–Crippen LogP) is 3.73. The van der Waals surface area contributed by atoms with Gasteiger partial charge in [-0.15, -0.1) is 0 Å². The number of hydrogen-bond donors (Lipinski definition) is 0. The second kappa shape index (κ2) is 18.3. The van der Waals surface area contributed by atoms with Crippen LogP contribution in [0.3, 0.4) is 0 Å². The fraction of sp³-hybridized carbons (Fsp3) is 0.905. The molecule has 140 valence electrons. The number of unbranched alkanes of at least 4 members (excludes halogenated alkanes) is 11. The van der Waals surface area contributed by atoms with Crippen LogP contribution in [-0.2, 0) is 0 Å². The average Bonchev–Trinajstić information content (AvgIpc) is 2.50. The summed E-state index contributed by atoms with van der Waals surface area (Å²) in [6.45, 7) is 12.4. The summed E-state index contributed by atoms with van der Waals surface area (Å²) >= 11 is 0. The molecule has 0 aliphatic rings. The van der Waals surface area contributed by atoms with Crippen molar-refractivity contribution in [3.05, 3.63) is 12.7 Å². The minimum absolute atomic E-state index is 0. The normalized spacial score (nSPS) is 13.3. The molecule has 0 radical (unpaired) electrons. The fourth-order valence-electron chi connectivity index (χ4n) is 3.33. The summed E-state index contributed by atoms with van der Waals surface area (Å²) < 4.78 is 1.21. The number of nitrogens with zero attached hydrogens (tertiary/aromatic N) is 1. The van der Waals surface area contributed by atoms with Crippen molar-refractivity contribution in [2.24, 2.45) is 0 Å². The molecule has 0 spiro atoms. The van der Waals surface area contributed by atoms with Crippen molar-refractivity contribution in [3.8, 4) is 0 Å². The van der Waals surface area contributed by atoms with Crippen LogP contribution in [0.4, 0.5) is 0 Å². The Morgan fingerprint density at radius 3 is 1.35 bits per heavy atom. The van der Waals surface area contributed by atoms with Crippen LogP contribution in [0.5, 0.6) is 0 Å². The molecule has 0 aromatic rings. The quantitative estimate of drug-likeness (QED) is 0.214. The lowest BCUT2D eigenvalue weighted by Crippen LogP contribution is -3.00. The van der Waals surface area contributed by atoms with Gasteiger partial charge in [-0.1, -0.05) is 78.2 Å². The molecule has 0 saturated carbocycles. The first kappa shape index (κ1) is 25.2. The van der Waals surface area contributed by atoms with E-state index in [-0.39, 0.29) is 12.4 Å². The lowest BCUT2D eigenvalue weighted by atomic mass is 10.1. The van der Waals surface area contributed by atoms with E-state index in [1.54, 1.807) is 0 Å². The summed E-state index contributed by atoms with van der Waals surface area (Å²) in [7, 11) is 2.44. The van der Waals surface area contributed by atoms with Gasteiger partial charge >= 0.3 is 0 Å². The maximum Gasteiger partial charge on any atom is 0.0969 e. The summed E-state index contributed by atoms with van der Waals surface area (Å²) in [5, 5.41) is 0. The molecule has 0 aliphatic carbocycles. The Morgan fingerprint density at radius 1 is 0.652 bits per heavy atom. The SMILES string of the molecule is C=CC[N+](C)(CCCCCCCC)CCCCCCCCC.[Cl-]. The highest BCUT2D eigenvalue weighted by Crippen LogP contribution is 2.13. The molecule has 0 fully saturated rings. The van der Waals surface area contributed by atoms with Crippen LogP contribution >= 0.6 is 0 Å². The van der Waals surface area contributed by atoms with Crippen LogP contribution in [0.15, 0.2) is 12.7 Å². The third-order valence-corrected chi connectivity index (χ3v) is 4.92. The molecular formula is C21H44ClN. The highest BCUT2D eigenvalue weighted by molar-refractivity contribution is 4.65. The summed E-state index contributed by atoms with van der Waals surface area (Å²) in [5.41, 5.74) is 0. The lowest BCUT2D eigenvalue weighted by molar-refractivity contribution is -0.904. The Balaban J connectivity index is 0. The molecule has 0 aromatic heterocycles. The number of likely N-dealkylation sites (N-methyl/N-ethyl adjacent to an activating group) is 1. The van der Waals surface area contributed by atoms with E-state index in [2.05, 4.69) is 33.6 Å². The van der Waals surface area contributed by atoms with Gasteiger partial charge < -0.3 is 16.9 Å². The number of halogens is 1. The second-order valence-electron chi connectivity index (χ2n) is 7.43. The van der Waals surface area contributed by atoms with Gasteiger partial charge in [0.2, 0.25) is 0 Å². The predicted molar refractivity (Wildman–Crippen MR) is 102 cm³/mol. The van der Waals surface area contributed by atoms with E-state index in [4.69, 9.17) is 0 Å². The molecule has 0 rings (SSSR count). The number of rotatable bonds is 17. The van der Waals surface area contributed by atoms with Gasteiger partial charge in [-0.3, -0.25) is 0 Å². The Morgan fingerprint density at radius 2 is 1.00 bits per heavy atom. The van der Waals surface area contributed by atoms with E-state index < -0.39 is 0 Å². The van der Waals surface area contributed by atoms with E-state index >= 15 is 0 Å². The first-order chi connectivity index (χ1) is 10.7. The highest BCUT2D eigenvalue weighted by atomic mass is 35.5. The third-order valence-electron chi connectivity index (χ3n) is 4.92. The fourth-order valence-corrected chi connectivity index (χ4v) is 3.33. The highest BCUT2D eigenvalue weighted by Gasteiger charge is 2.18. The molecule has 23 heavy (non-hydrogen) atoms. The molecule has 1 atom stereocenters. The van der Waals surface area contributed by atoms with Crippen molar-refractivity contribution in [3.63, 3.8) is 0 Å².